The van der Waals surface area contributed by atoms with Crippen molar-refractivity contribution in [3.63, 3.8) is 0 Å². The molecule has 28 heavy (non-hydrogen) atoms. The predicted octanol–water partition coefficient (Wildman–Crippen LogP) is 0.355. The van der Waals surface area contributed by atoms with Crippen molar-refractivity contribution in [1.82, 2.24) is 0 Å². The molecule has 2 aromatic carbocycles. The van der Waals surface area contributed by atoms with Crippen molar-refractivity contribution in [2.24, 2.45) is 0 Å². The van der Waals surface area contributed by atoms with Crippen LogP contribution in [0.1, 0.15) is 43.6 Å². The van der Waals surface area contributed by atoms with Crippen LogP contribution in [0.15, 0.2) is 48.5 Å². The summed E-state index contributed by atoms with van der Waals surface area (Å²) < 4.78 is 24.6. The fourth-order valence-electron chi connectivity index (χ4n) is 2.79. The molecule has 0 amide bonds. The Morgan fingerprint density at radius 3 is 2.32 bits per heavy atom. The first-order valence-corrected chi connectivity index (χ1v) is 11.6. The number of rotatable bonds is 8. The molecular formula is C21H25BIO5-. The minimum atomic E-state index is -0.701. The number of aldehydes is 1. The number of hydrogen-bond acceptors (Lipinski definition) is 5. The third-order valence-corrected chi connectivity index (χ3v) is 6.57. The van der Waals surface area contributed by atoms with E-state index in [9.17, 15) is 4.79 Å². The Kier molecular flexibility index (Phi) is 6.80. The first kappa shape index (κ1) is 21.3. The Balaban J connectivity index is 1.66. The van der Waals surface area contributed by atoms with Gasteiger partial charge in [0.05, 0.1) is 0 Å². The van der Waals surface area contributed by atoms with Gasteiger partial charge in [-0.25, -0.2) is 0 Å². The van der Waals surface area contributed by atoms with E-state index in [0.717, 1.165) is 11.8 Å². The second kappa shape index (κ2) is 8.94. The average Bonchev–Trinajstić information content (AvgIpc) is 2.89. The summed E-state index contributed by atoms with van der Waals surface area (Å²) >= 11 is -0.701. The molecule has 1 aliphatic rings. The number of carbonyl (C=O) groups excluding carboxylic acids is 1. The van der Waals surface area contributed by atoms with Crippen molar-refractivity contribution in [1.29, 1.82) is 0 Å². The van der Waals surface area contributed by atoms with Gasteiger partial charge in [0.2, 0.25) is 0 Å². The van der Waals surface area contributed by atoms with Crippen LogP contribution in [-0.2, 0) is 20.7 Å². The van der Waals surface area contributed by atoms with Crippen LogP contribution in [0, 0.1) is 0 Å². The predicted molar refractivity (Wildman–Crippen MR) is 104 cm³/mol. The van der Waals surface area contributed by atoms with Crippen molar-refractivity contribution < 1.29 is 43.5 Å². The van der Waals surface area contributed by atoms with Crippen LogP contribution in [-0.4, -0.2) is 29.2 Å². The molecule has 150 valence electrons. The van der Waals surface area contributed by atoms with Gasteiger partial charge in [-0.1, -0.05) is 0 Å². The maximum atomic E-state index is 11.6. The number of ether oxygens (including phenoxy) is 1. The minimum absolute atomic E-state index is 0.487. The van der Waals surface area contributed by atoms with Gasteiger partial charge in [-0.2, -0.15) is 0 Å². The van der Waals surface area contributed by atoms with E-state index >= 15 is 0 Å². The zero-order valence-corrected chi connectivity index (χ0v) is 18.8. The molecule has 0 spiro atoms. The molecule has 0 radical (unpaired) electrons. The third-order valence-electron chi connectivity index (χ3n) is 5.09. The van der Waals surface area contributed by atoms with Gasteiger partial charge in [0.1, 0.15) is 0 Å². The zero-order chi connectivity index (χ0) is 20.2. The second-order valence-corrected chi connectivity index (χ2v) is 9.28. The van der Waals surface area contributed by atoms with Crippen LogP contribution in [0.4, 0.5) is 0 Å². The van der Waals surface area contributed by atoms with E-state index in [2.05, 4.69) is 0 Å². The Labute approximate surface area is 177 Å². The van der Waals surface area contributed by atoms with Gasteiger partial charge in [0, 0.05) is 0 Å². The van der Waals surface area contributed by atoms with Gasteiger partial charge < -0.3 is 0 Å². The van der Waals surface area contributed by atoms with Crippen LogP contribution < -0.4 is 30.1 Å². The van der Waals surface area contributed by atoms with Crippen LogP contribution >= 0.6 is 0 Å². The van der Waals surface area contributed by atoms with Crippen molar-refractivity contribution in [3.8, 4) is 5.75 Å². The van der Waals surface area contributed by atoms with E-state index in [1.165, 1.54) is 0 Å². The van der Waals surface area contributed by atoms with Crippen molar-refractivity contribution in [2.45, 2.75) is 45.5 Å². The Morgan fingerprint density at radius 2 is 1.68 bits per heavy atom. The van der Waals surface area contributed by atoms with E-state index in [4.69, 9.17) is 17.1 Å². The summed E-state index contributed by atoms with van der Waals surface area (Å²) in [6.45, 7) is 8.51. The molecule has 0 unspecified atom stereocenters. The fourth-order valence-corrected chi connectivity index (χ4v) is 4.03. The molecule has 3 rings (SSSR count). The first-order valence-electron chi connectivity index (χ1n) is 9.15. The molecule has 2 aromatic rings. The number of carbonyl (C=O) groups is 1. The van der Waals surface area contributed by atoms with Crippen LogP contribution in [0.5, 0.6) is 5.75 Å². The number of hydrogen-bond donors (Lipinski definition) is 0. The standard InChI is InChI=1S/C21H25BIO5/c1-20(2)21(3,4)28-22(27-20)19-17(13-24)11-8-12-18(19)26-23-15-25-14-16-9-6-5-7-10-16/h5-13H,14-15H2,1-4H3/q-1. The van der Waals surface area contributed by atoms with E-state index in [1.807, 2.05) is 70.2 Å². The summed E-state index contributed by atoms with van der Waals surface area (Å²) in [5.74, 6) is 0.624. The van der Waals surface area contributed by atoms with Gasteiger partial charge >= 0.3 is 178 Å². The molecule has 0 aromatic heterocycles. The molecule has 7 heteroatoms. The van der Waals surface area contributed by atoms with E-state index in [0.29, 0.717) is 28.0 Å². The van der Waals surface area contributed by atoms with E-state index in [1.54, 1.807) is 6.07 Å². The van der Waals surface area contributed by atoms with Gasteiger partial charge in [-0.15, -0.1) is 0 Å². The molecule has 1 aliphatic heterocycles. The molecule has 0 N–H and O–H groups in total. The van der Waals surface area contributed by atoms with E-state index < -0.39 is 39.9 Å². The molecule has 0 atom stereocenters. The second-order valence-electron chi connectivity index (χ2n) is 7.59. The third kappa shape index (κ3) is 4.76. The summed E-state index contributed by atoms with van der Waals surface area (Å²) in [5.41, 5.74) is 1.33. The van der Waals surface area contributed by atoms with Crippen molar-refractivity contribution in [2.75, 3.05) is 4.61 Å². The van der Waals surface area contributed by atoms with Crippen LogP contribution in [0.3, 0.4) is 0 Å². The average molecular weight is 495 g/mol. The summed E-state index contributed by atoms with van der Waals surface area (Å²) in [7, 11) is -0.643. The summed E-state index contributed by atoms with van der Waals surface area (Å²) in [5, 5.41) is 0. The van der Waals surface area contributed by atoms with Gasteiger partial charge in [-0.05, 0) is 0 Å². The first-order chi connectivity index (χ1) is 13.3. The number of alkyl halides is 1. The zero-order valence-electron chi connectivity index (χ0n) is 16.6. The Hall–Kier alpha value is -1.42. The van der Waals surface area contributed by atoms with Gasteiger partial charge in [-0.3, -0.25) is 0 Å². The Bertz CT molecular complexity index is 794. The maximum absolute atomic E-state index is 11.6. The quantitative estimate of drug-likeness (QED) is 0.174. The molecule has 1 heterocycles. The fraction of sp³-hybridized carbons (Fsp3) is 0.381. The SMILES string of the molecule is CC1(C)OB(c2c(C=O)cccc2O[I-]COCc2ccccc2)OC1(C)C. The monoisotopic (exact) mass is 495 g/mol. The summed E-state index contributed by atoms with van der Waals surface area (Å²) in [6, 6.07) is 15.4. The summed E-state index contributed by atoms with van der Waals surface area (Å²) in [6.07, 6.45) is 0.817. The summed E-state index contributed by atoms with van der Waals surface area (Å²) in [4.78, 5) is 11.6. The number of benzene rings is 2. The normalized spacial score (nSPS) is 17.6. The van der Waals surface area contributed by atoms with Gasteiger partial charge in [0.15, 0.2) is 0 Å². The van der Waals surface area contributed by atoms with Crippen molar-refractivity contribution in [3.05, 3.63) is 59.7 Å². The Morgan fingerprint density at radius 1 is 1.00 bits per heavy atom. The molecular weight excluding hydrogens is 470 g/mol. The molecule has 0 saturated carbocycles. The molecule has 0 aliphatic carbocycles. The van der Waals surface area contributed by atoms with Gasteiger partial charge in [0.25, 0.3) is 0 Å². The molecule has 0 bridgehead atoms. The van der Waals surface area contributed by atoms with Crippen LogP contribution in [0.25, 0.3) is 0 Å². The molecule has 1 saturated heterocycles. The molecule has 1 fully saturated rings. The topological polar surface area (TPSA) is 54.0 Å². The number of halogens is 1. The van der Waals surface area contributed by atoms with Crippen molar-refractivity contribution >= 4 is 18.9 Å². The van der Waals surface area contributed by atoms with E-state index in [-0.39, 0.29) is 0 Å². The molecule has 5 nitrogen and oxygen atoms in total. The van der Waals surface area contributed by atoms with Crippen LogP contribution in [0.2, 0.25) is 0 Å².